The molecule has 2 unspecified atom stereocenters. The molecule has 7 nitrogen and oxygen atoms in total. The number of carbonyl (C=O) groups excluding carboxylic acids is 1. The first-order valence-corrected chi connectivity index (χ1v) is 11.8. The summed E-state index contributed by atoms with van der Waals surface area (Å²) >= 11 is 0. The Morgan fingerprint density at radius 3 is 1.96 bits per heavy atom. The quantitative estimate of drug-likeness (QED) is 0.701. The average Bonchev–Trinajstić information content (AvgIpc) is 2.96. The number of sulfone groups is 1. The van der Waals surface area contributed by atoms with E-state index in [2.05, 4.69) is 0 Å². The topological polar surface area (TPSA) is 91.8 Å². The number of likely N-dealkylation sites (tertiary alicyclic amines) is 1. The molecule has 2 aliphatic heterocycles. The molecular formula is C15H26N2O5S2. The van der Waals surface area contributed by atoms with Crippen molar-refractivity contribution in [1.29, 1.82) is 0 Å². The first-order chi connectivity index (χ1) is 11.1. The van der Waals surface area contributed by atoms with E-state index in [1.54, 1.807) is 18.7 Å². The number of amides is 1. The molecule has 2 saturated heterocycles. The van der Waals surface area contributed by atoms with E-state index in [0.717, 1.165) is 25.7 Å². The van der Waals surface area contributed by atoms with Gasteiger partial charge in [-0.25, -0.2) is 16.8 Å². The number of sulfonamides is 1. The molecule has 0 radical (unpaired) electrons. The third-order valence-electron chi connectivity index (χ3n) is 5.69. The number of nitrogens with zero attached hydrogens (tertiary/aromatic N) is 2. The summed E-state index contributed by atoms with van der Waals surface area (Å²) in [4.78, 5) is 13.9. The van der Waals surface area contributed by atoms with Crippen LogP contribution in [0.2, 0.25) is 0 Å². The van der Waals surface area contributed by atoms with E-state index in [4.69, 9.17) is 0 Å². The highest BCUT2D eigenvalue weighted by molar-refractivity contribution is 7.93. The van der Waals surface area contributed by atoms with Gasteiger partial charge in [0, 0.05) is 32.1 Å². The normalized spacial score (nSPS) is 32.7. The van der Waals surface area contributed by atoms with Crippen LogP contribution in [-0.2, 0) is 24.7 Å². The van der Waals surface area contributed by atoms with Crippen LogP contribution in [-0.4, -0.2) is 73.9 Å². The predicted molar refractivity (Wildman–Crippen MR) is 90.7 cm³/mol. The van der Waals surface area contributed by atoms with Crippen LogP contribution in [0.5, 0.6) is 0 Å². The van der Waals surface area contributed by atoms with Gasteiger partial charge in [0.05, 0.1) is 10.5 Å². The molecule has 0 spiro atoms. The maximum atomic E-state index is 12.8. The summed E-state index contributed by atoms with van der Waals surface area (Å²) < 4.78 is 50.9. The van der Waals surface area contributed by atoms with Gasteiger partial charge in [0.25, 0.3) is 0 Å². The molecule has 9 heteroatoms. The van der Waals surface area contributed by atoms with Crippen molar-refractivity contribution < 1.29 is 21.6 Å². The zero-order valence-electron chi connectivity index (χ0n) is 14.2. The smallest absolute Gasteiger partial charge is 0.225 e. The lowest BCUT2D eigenvalue weighted by atomic mass is 10.0. The van der Waals surface area contributed by atoms with E-state index in [-0.39, 0.29) is 38.0 Å². The van der Waals surface area contributed by atoms with Crippen LogP contribution in [0.25, 0.3) is 0 Å². The Labute approximate surface area is 144 Å². The SMILES string of the molecule is CC1CN(S(=O)(=O)C2CN(C(=O)C3CCCC3)C2)CC(C)S1(=O)=O. The van der Waals surface area contributed by atoms with E-state index < -0.39 is 35.6 Å². The van der Waals surface area contributed by atoms with Gasteiger partial charge in [-0.15, -0.1) is 0 Å². The molecule has 1 amide bonds. The second-order valence-electron chi connectivity index (χ2n) is 7.42. The fourth-order valence-electron chi connectivity index (χ4n) is 3.91. The van der Waals surface area contributed by atoms with E-state index in [9.17, 15) is 21.6 Å². The van der Waals surface area contributed by atoms with Crippen LogP contribution in [0, 0.1) is 5.92 Å². The van der Waals surface area contributed by atoms with Crippen molar-refractivity contribution in [1.82, 2.24) is 9.21 Å². The molecule has 2 heterocycles. The Morgan fingerprint density at radius 1 is 0.958 bits per heavy atom. The lowest BCUT2D eigenvalue weighted by Gasteiger charge is -2.43. The minimum absolute atomic E-state index is 0.0160. The van der Waals surface area contributed by atoms with Crippen LogP contribution in [0.1, 0.15) is 39.5 Å². The van der Waals surface area contributed by atoms with Gasteiger partial charge in [-0.3, -0.25) is 4.79 Å². The van der Waals surface area contributed by atoms with Gasteiger partial charge in [-0.2, -0.15) is 4.31 Å². The monoisotopic (exact) mass is 378 g/mol. The van der Waals surface area contributed by atoms with Crippen LogP contribution in [0.15, 0.2) is 0 Å². The summed E-state index contributed by atoms with van der Waals surface area (Å²) in [5, 5.41) is -1.97. The minimum atomic E-state index is -3.56. The van der Waals surface area contributed by atoms with Crippen LogP contribution in [0.4, 0.5) is 0 Å². The van der Waals surface area contributed by atoms with Crippen molar-refractivity contribution in [3.63, 3.8) is 0 Å². The Hall–Kier alpha value is -0.670. The first-order valence-electron chi connectivity index (χ1n) is 8.64. The summed E-state index contributed by atoms with van der Waals surface area (Å²) in [6.07, 6.45) is 3.96. The summed E-state index contributed by atoms with van der Waals surface area (Å²) in [7, 11) is -6.81. The molecule has 3 aliphatic rings. The van der Waals surface area contributed by atoms with Crippen molar-refractivity contribution >= 4 is 25.8 Å². The lowest BCUT2D eigenvalue weighted by Crippen LogP contribution is -2.63. The molecular weight excluding hydrogens is 352 g/mol. The van der Waals surface area contributed by atoms with E-state index in [1.165, 1.54) is 4.31 Å². The van der Waals surface area contributed by atoms with E-state index in [0.29, 0.717) is 0 Å². The predicted octanol–water partition coefficient (Wildman–Crippen LogP) is 0.225. The van der Waals surface area contributed by atoms with Crippen molar-refractivity contribution in [2.24, 2.45) is 5.92 Å². The minimum Gasteiger partial charge on any atom is -0.340 e. The Kier molecular flexibility index (Phi) is 4.72. The molecule has 1 aliphatic carbocycles. The number of rotatable bonds is 3. The Balaban J connectivity index is 1.62. The van der Waals surface area contributed by atoms with Crippen LogP contribution in [0.3, 0.4) is 0 Å². The molecule has 138 valence electrons. The summed E-state index contributed by atoms with van der Waals surface area (Å²) in [5.41, 5.74) is 0. The molecule has 3 fully saturated rings. The molecule has 2 atom stereocenters. The molecule has 1 saturated carbocycles. The summed E-state index contributed by atoms with van der Waals surface area (Å²) in [6, 6.07) is 0. The molecule has 24 heavy (non-hydrogen) atoms. The van der Waals surface area contributed by atoms with Gasteiger partial charge >= 0.3 is 0 Å². The largest absolute Gasteiger partial charge is 0.340 e. The fourth-order valence-corrected chi connectivity index (χ4v) is 7.69. The average molecular weight is 379 g/mol. The molecule has 0 N–H and O–H groups in total. The highest BCUT2D eigenvalue weighted by atomic mass is 32.2. The second-order valence-corrected chi connectivity index (χ2v) is 12.4. The molecule has 3 rings (SSSR count). The Bertz CT molecular complexity index is 688. The highest BCUT2D eigenvalue weighted by Crippen LogP contribution is 2.31. The first kappa shape index (κ1) is 18.1. The lowest BCUT2D eigenvalue weighted by molar-refractivity contribution is -0.138. The van der Waals surface area contributed by atoms with Crippen LogP contribution >= 0.6 is 0 Å². The molecule has 0 aromatic heterocycles. The maximum absolute atomic E-state index is 12.8. The highest BCUT2D eigenvalue weighted by Gasteiger charge is 2.48. The van der Waals surface area contributed by atoms with Gasteiger partial charge < -0.3 is 4.90 Å². The van der Waals surface area contributed by atoms with Crippen molar-refractivity contribution in [3.8, 4) is 0 Å². The summed E-state index contributed by atoms with van der Waals surface area (Å²) in [5.74, 6) is 0.149. The summed E-state index contributed by atoms with van der Waals surface area (Å²) in [6.45, 7) is 3.63. The standard InChI is InChI=1S/C15H26N2O5S2/c1-11-7-17(8-12(2)23(11,19)20)24(21,22)14-9-16(10-14)15(18)13-5-3-4-6-13/h11-14H,3-10H2,1-2H3. The zero-order chi connectivity index (χ0) is 17.7. The van der Waals surface area contributed by atoms with E-state index in [1.807, 2.05) is 0 Å². The fraction of sp³-hybridized carbons (Fsp3) is 0.933. The third-order valence-corrected chi connectivity index (χ3v) is 10.4. The van der Waals surface area contributed by atoms with Crippen molar-refractivity contribution in [3.05, 3.63) is 0 Å². The van der Waals surface area contributed by atoms with Crippen LogP contribution < -0.4 is 0 Å². The maximum Gasteiger partial charge on any atom is 0.225 e. The molecule has 0 aromatic carbocycles. The third kappa shape index (κ3) is 2.99. The second kappa shape index (κ2) is 6.25. The van der Waals surface area contributed by atoms with Gasteiger partial charge in [0.15, 0.2) is 9.84 Å². The van der Waals surface area contributed by atoms with Crippen molar-refractivity contribution in [2.45, 2.75) is 55.3 Å². The van der Waals surface area contributed by atoms with Gasteiger partial charge in [-0.1, -0.05) is 12.8 Å². The van der Waals surface area contributed by atoms with Crippen molar-refractivity contribution in [2.75, 3.05) is 26.2 Å². The number of carbonyl (C=O) groups is 1. The van der Waals surface area contributed by atoms with Gasteiger partial charge in [0.2, 0.25) is 15.9 Å². The molecule has 0 aromatic rings. The number of hydrogen-bond acceptors (Lipinski definition) is 5. The number of hydrogen-bond donors (Lipinski definition) is 0. The van der Waals surface area contributed by atoms with Gasteiger partial charge in [0.1, 0.15) is 5.25 Å². The van der Waals surface area contributed by atoms with E-state index >= 15 is 0 Å². The molecule has 0 bridgehead atoms. The zero-order valence-corrected chi connectivity index (χ0v) is 15.9. The Morgan fingerprint density at radius 2 is 1.46 bits per heavy atom. The van der Waals surface area contributed by atoms with Gasteiger partial charge in [-0.05, 0) is 26.7 Å².